The van der Waals surface area contributed by atoms with Crippen molar-refractivity contribution >= 4 is 17.5 Å². The fourth-order valence-electron chi connectivity index (χ4n) is 4.16. The predicted molar refractivity (Wildman–Crippen MR) is 104 cm³/mol. The van der Waals surface area contributed by atoms with Crippen LogP contribution in [-0.2, 0) is 16.0 Å². The number of ether oxygens (including phenoxy) is 1. The summed E-state index contributed by atoms with van der Waals surface area (Å²) in [4.78, 5) is 27.1. The Kier molecular flexibility index (Phi) is 4.84. The summed E-state index contributed by atoms with van der Waals surface area (Å²) in [5.41, 5.74) is 3.25. The highest BCUT2D eigenvalue weighted by Gasteiger charge is 2.37. The van der Waals surface area contributed by atoms with E-state index in [-0.39, 0.29) is 30.2 Å². The van der Waals surface area contributed by atoms with Crippen molar-refractivity contribution in [2.24, 2.45) is 5.92 Å². The van der Waals surface area contributed by atoms with E-state index >= 15 is 0 Å². The molecule has 1 fully saturated rings. The predicted octanol–water partition coefficient (Wildman–Crippen LogP) is 3.24. The number of nitrogens with one attached hydrogen (secondary N) is 1. The van der Waals surface area contributed by atoms with Gasteiger partial charge >= 0.3 is 0 Å². The van der Waals surface area contributed by atoms with E-state index in [9.17, 15) is 9.59 Å². The number of anilines is 1. The number of para-hydroxylation sites is 2. The number of methoxy groups -OCH3 is 1. The van der Waals surface area contributed by atoms with E-state index in [0.717, 1.165) is 24.9 Å². The van der Waals surface area contributed by atoms with Crippen molar-refractivity contribution in [3.8, 4) is 5.75 Å². The van der Waals surface area contributed by atoms with Crippen molar-refractivity contribution in [1.82, 2.24) is 5.32 Å². The highest BCUT2D eigenvalue weighted by atomic mass is 16.5. The van der Waals surface area contributed by atoms with Gasteiger partial charge in [-0.3, -0.25) is 9.59 Å². The molecule has 0 radical (unpaired) electrons. The van der Waals surface area contributed by atoms with E-state index in [1.54, 1.807) is 12.0 Å². The molecule has 140 valence electrons. The van der Waals surface area contributed by atoms with Gasteiger partial charge in [0.25, 0.3) is 0 Å². The molecule has 4 rings (SSSR count). The van der Waals surface area contributed by atoms with E-state index in [0.29, 0.717) is 12.3 Å². The lowest BCUT2D eigenvalue weighted by molar-refractivity contribution is -0.127. The molecule has 0 spiro atoms. The van der Waals surface area contributed by atoms with Gasteiger partial charge in [-0.1, -0.05) is 36.4 Å². The van der Waals surface area contributed by atoms with Gasteiger partial charge in [-0.15, -0.1) is 0 Å². The van der Waals surface area contributed by atoms with Crippen LogP contribution in [0.25, 0.3) is 0 Å². The standard InChI is InChI=1S/C22H24N2O3/c1-27-20-12-5-4-11-19(20)24-14-16(13-21(24)25)22(26)23-18-10-6-8-15-7-2-3-9-17(15)18/h2-5,7,9,11-12,16,18H,6,8,10,13-14H2,1H3,(H,23,26)/t16-,18-/m1/s1. The van der Waals surface area contributed by atoms with Crippen LogP contribution < -0.4 is 15.0 Å². The third-order valence-electron chi connectivity index (χ3n) is 5.56. The Morgan fingerprint density at radius 2 is 1.93 bits per heavy atom. The number of hydrogen-bond donors (Lipinski definition) is 1. The van der Waals surface area contributed by atoms with E-state index in [1.807, 2.05) is 36.4 Å². The number of amides is 2. The molecule has 1 aliphatic carbocycles. The number of rotatable bonds is 4. The van der Waals surface area contributed by atoms with Crippen LogP contribution in [-0.4, -0.2) is 25.5 Å². The third-order valence-corrected chi connectivity index (χ3v) is 5.56. The zero-order valence-electron chi connectivity index (χ0n) is 15.5. The Hall–Kier alpha value is -2.82. The maximum atomic E-state index is 12.9. The van der Waals surface area contributed by atoms with Gasteiger partial charge in [0.2, 0.25) is 11.8 Å². The van der Waals surface area contributed by atoms with Crippen molar-refractivity contribution in [3.63, 3.8) is 0 Å². The Bertz CT molecular complexity index is 864. The van der Waals surface area contributed by atoms with Gasteiger partial charge in [0, 0.05) is 13.0 Å². The summed E-state index contributed by atoms with van der Waals surface area (Å²) in [7, 11) is 1.59. The molecular formula is C22H24N2O3. The zero-order valence-corrected chi connectivity index (χ0v) is 15.5. The molecule has 1 aliphatic heterocycles. The summed E-state index contributed by atoms with van der Waals surface area (Å²) >= 11 is 0. The summed E-state index contributed by atoms with van der Waals surface area (Å²) in [5.74, 6) is 0.232. The summed E-state index contributed by atoms with van der Waals surface area (Å²) in [6.45, 7) is 0.388. The molecule has 5 nitrogen and oxygen atoms in total. The molecule has 2 amide bonds. The van der Waals surface area contributed by atoms with Crippen molar-refractivity contribution in [2.75, 3.05) is 18.6 Å². The first kappa shape index (κ1) is 17.6. The highest BCUT2D eigenvalue weighted by Crippen LogP contribution is 2.34. The van der Waals surface area contributed by atoms with Gasteiger partial charge in [0.15, 0.2) is 0 Å². The zero-order chi connectivity index (χ0) is 18.8. The second kappa shape index (κ2) is 7.43. The highest BCUT2D eigenvalue weighted by molar-refractivity contribution is 6.01. The molecule has 1 saturated heterocycles. The first-order valence-corrected chi connectivity index (χ1v) is 9.49. The van der Waals surface area contributed by atoms with E-state index in [2.05, 4.69) is 17.4 Å². The monoisotopic (exact) mass is 364 g/mol. The molecule has 2 aromatic carbocycles. The molecule has 1 N–H and O–H groups in total. The number of carbonyl (C=O) groups excluding carboxylic acids is 2. The SMILES string of the molecule is COc1ccccc1N1C[C@H](C(=O)N[C@@H]2CCCc3ccccc32)CC1=O. The number of carbonyl (C=O) groups is 2. The van der Waals surface area contributed by atoms with E-state index in [1.165, 1.54) is 11.1 Å². The van der Waals surface area contributed by atoms with Crippen molar-refractivity contribution < 1.29 is 14.3 Å². The minimum atomic E-state index is -0.337. The first-order valence-electron chi connectivity index (χ1n) is 9.49. The molecule has 5 heteroatoms. The van der Waals surface area contributed by atoms with Crippen LogP contribution in [0.1, 0.15) is 36.4 Å². The van der Waals surface area contributed by atoms with Crippen LogP contribution in [0.4, 0.5) is 5.69 Å². The van der Waals surface area contributed by atoms with Crippen LogP contribution in [0.5, 0.6) is 5.75 Å². The largest absolute Gasteiger partial charge is 0.495 e. The Morgan fingerprint density at radius 3 is 2.78 bits per heavy atom. The maximum absolute atomic E-state index is 12.9. The average Bonchev–Trinajstić information content (AvgIpc) is 3.10. The summed E-state index contributed by atoms with van der Waals surface area (Å²) in [6, 6.07) is 15.8. The van der Waals surface area contributed by atoms with Crippen molar-refractivity contribution in [1.29, 1.82) is 0 Å². The molecular weight excluding hydrogens is 340 g/mol. The van der Waals surface area contributed by atoms with Crippen LogP contribution in [0.2, 0.25) is 0 Å². The normalized spacial score (nSPS) is 21.7. The average molecular weight is 364 g/mol. The lowest BCUT2D eigenvalue weighted by Crippen LogP contribution is -2.36. The smallest absolute Gasteiger partial charge is 0.227 e. The van der Waals surface area contributed by atoms with Crippen molar-refractivity contribution in [3.05, 3.63) is 59.7 Å². The van der Waals surface area contributed by atoms with Gasteiger partial charge in [-0.25, -0.2) is 0 Å². The minimum Gasteiger partial charge on any atom is -0.495 e. The summed E-state index contributed by atoms with van der Waals surface area (Å²) < 4.78 is 5.37. The van der Waals surface area contributed by atoms with Crippen molar-refractivity contribution in [2.45, 2.75) is 31.7 Å². The lowest BCUT2D eigenvalue weighted by Gasteiger charge is -2.27. The second-order valence-electron chi connectivity index (χ2n) is 7.23. The number of aryl methyl sites for hydroxylation is 1. The fraction of sp³-hybridized carbons (Fsp3) is 0.364. The van der Waals surface area contributed by atoms with E-state index < -0.39 is 0 Å². The summed E-state index contributed by atoms with van der Waals surface area (Å²) in [5, 5.41) is 3.19. The molecule has 2 aliphatic rings. The molecule has 0 bridgehead atoms. The molecule has 2 aromatic rings. The Balaban J connectivity index is 1.47. The number of nitrogens with zero attached hydrogens (tertiary/aromatic N) is 1. The topological polar surface area (TPSA) is 58.6 Å². The number of hydrogen-bond acceptors (Lipinski definition) is 3. The van der Waals surface area contributed by atoms with Crippen LogP contribution >= 0.6 is 0 Å². The van der Waals surface area contributed by atoms with E-state index in [4.69, 9.17) is 4.74 Å². The van der Waals surface area contributed by atoms with Crippen LogP contribution in [0.3, 0.4) is 0 Å². The molecule has 1 heterocycles. The second-order valence-corrected chi connectivity index (χ2v) is 7.23. The maximum Gasteiger partial charge on any atom is 0.227 e. The molecule has 0 saturated carbocycles. The first-order chi connectivity index (χ1) is 13.2. The van der Waals surface area contributed by atoms with Crippen LogP contribution in [0.15, 0.2) is 48.5 Å². The van der Waals surface area contributed by atoms with Gasteiger partial charge in [0.05, 0.1) is 24.8 Å². The molecule has 27 heavy (non-hydrogen) atoms. The van der Waals surface area contributed by atoms with Gasteiger partial charge in [0.1, 0.15) is 5.75 Å². The molecule has 0 unspecified atom stereocenters. The third kappa shape index (κ3) is 3.42. The number of fused-ring (bicyclic) bond motifs is 1. The minimum absolute atomic E-state index is 0.0382. The summed E-state index contributed by atoms with van der Waals surface area (Å²) in [6.07, 6.45) is 3.31. The van der Waals surface area contributed by atoms with Crippen LogP contribution in [0, 0.1) is 5.92 Å². The molecule has 2 atom stereocenters. The fourth-order valence-corrected chi connectivity index (χ4v) is 4.16. The quantitative estimate of drug-likeness (QED) is 0.906. The lowest BCUT2D eigenvalue weighted by atomic mass is 9.87. The van der Waals surface area contributed by atoms with Gasteiger partial charge < -0.3 is 15.0 Å². The Morgan fingerprint density at radius 1 is 1.15 bits per heavy atom. The Labute approximate surface area is 159 Å². The molecule has 0 aromatic heterocycles. The van der Waals surface area contributed by atoms with Gasteiger partial charge in [-0.2, -0.15) is 0 Å². The van der Waals surface area contributed by atoms with Gasteiger partial charge in [-0.05, 0) is 42.5 Å². The number of benzene rings is 2.